The smallest absolute Gasteiger partial charge is 0.319 e. The van der Waals surface area contributed by atoms with Crippen molar-refractivity contribution in [3.8, 4) is 17.3 Å². The highest BCUT2D eigenvalue weighted by Gasteiger charge is 2.30. The van der Waals surface area contributed by atoms with Crippen LogP contribution in [0.15, 0.2) is 36.5 Å². The van der Waals surface area contributed by atoms with E-state index < -0.39 is 11.6 Å². The zero-order chi connectivity index (χ0) is 28.8. The maximum Gasteiger partial charge on any atom is 0.319 e. The van der Waals surface area contributed by atoms with Crippen LogP contribution in [0.1, 0.15) is 26.7 Å². The van der Waals surface area contributed by atoms with E-state index in [-0.39, 0.29) is 40.2 Å². The Morgan fingerprint density at radius 2 is 1.98 bits per heavy atom. The lowest BCUT2D eigenvalue weighted by molar-refractivity contribution is -0.131. The van der Waals surface area contributed by atoms with Gasteiger partial charge in [0.15, 0.2) is 5.82 Å². The first-order valence-electron chi connectivity index (χ1n) is 13.8. The number of halogens is 3. The van der Waals surface area contributed by atoms with Gasteiger partial charge in [-0.1, -0.05) is 35.9 Å². The maximum atomic E-state index is 16.5. The molecule has 8 nitrogen and oxygen atoms in total. The molecule has 0 saturated carbocycles. The topological polar surface area (TPSA) is 74.7 Å². The Morgan fingerprint density at radius 3 is 2.71 bits per heavy atom. The lowest BCUT2D eigenvalue weighted by atomic mass is 10.0. The van der Waals surface area contributed by atoms with Gasteiger partial charge in [-0.3, -0.25) is 9.78 Å². The van der Waals surface area contributed by atoms with Gasteiger partial charge in [-0.15, -0.1) is 0 Å². The summed E-state index contributed by atoms with van der Waals surface area (Å²) in [5.74, 6) is -0.752. The second kappa shape index (κ2) is 11.0. The highest BCUT2D eigenvalue weighted by molar-refractivity contribution is 6.36. The molecule has 2 saturated heterocycles. The maximum absolute atomic E-state index is 16.5. The SMILES string of the molecule is CC(=O)N1CCN(c2nc(OC[C@@H]3CCCN3C)nc3c(F)c(-c4cccc5ccc(F)c(Cl)c45)ncc23)C[C@@H]1C. The standard InChI is InChI=1S/C30H31ClF2N6O2/c1-17-15-38(12-13-39(17)18(2)40)29-22-14-34-27(21-8-4-6-19-9-10-23(32)25(31)24(19)21)26(33)28(22)35-30(36-29)41-16-20-7-5-11-37(20)3/h4,6,8-10,14,17,20H,5,7,11-13,15-16H2,1-3H3/t17-,20-/m0/s1. The summed E-state index contributed by atoms with van der Waals surface area (Å²) in [6.07, 6.45) is 3.64. The Morgan fingerprint density at radius 1 is 1.15 bits per heavy atom. The second-order valence-corrected chi connectivity index (χ2v) is 11.3. The third kappa shape index (κ3) is 5.04. The molecular weight excluding hydrogens is 550 g/mol. The van der Waals surface area contributed by atoms with Gasteiger partial charge < -0.3 is 19.4 Å². The third-order valence-electron chi connectivity index (χ3n) is 8.24. The molecule has 2 aliphatic heterocycles. The molecule has 1 amide bonds. The van der Waals surface area contributed by atoms with Gasteiger partial charge in [-0.25, -0.2) is 8.78 Å². The van der Waals surface area contributed by atoms with Crippen LogP contribution < -0.4 is 9.64 Å². The molecule has 2 fully saturated rings. The molecule has 2 aromatic carbocycles. The van der Waals surface area contributed by atoms with Crippen LogP contribution in [0.4, 0.5) is 14.6 Å². The summed E-state index contributed by atoms with van der Waals surface area (Å²) < 4.78 is 37.0. The number of ether oxygens (including phenoxy) is 1. The molecule has 0 radical (unpaired) electrons. The van der Waals surface area contributed by atoms with Gasteiger partial charge in [0.05, 0.1) is 10.4 Å². The lowest BCUT2D eigenvalue weighted by Crippen LogP contribution is -2.53. The normalized spacial score (nSPS) is 19.9. The quantitative estimate of drug-likeness (QED) is 0.317. The first-order valence-corrected chi connectivity index (χ1v) is 14.2. The predicted octanol–water partition coefficient (Wildman–Crippen LogP) is 5.31. The van der Waals surface area contributed by atoms with Gasteiger partial charge >= 0.3 is 6.01 Å². The number of nitrogens with zero attached hydrogens (tertiary/aromatic N) is 6. The first kappa shape index (κ1) is 27.5. The van der Waals surface area contributed by atoms with E-state index >= 15 is 4.39 Å². The Kier molecular flexibility index (Phi) is 7.37. The summed E-state index contributed by atoms with van der Waals surface area (Å²) in [6, 6.07) is 8.34. The van der Waals surface area contributed by atoms with Crippen molar-refractivity contribution >= 4 is 45.0 Å². The molecule has 6 rings (SSSR count). The average molecular weight is 581 g/mol. The number of benzene rings is 2. The van der Waals surface area contributed by atoms with Crippen LogP contribution in [0, 0.1) is 11.6 Å². The van der Waals surface area contributed by atoms with Crippen molar-refractivity contribution in [1.29, 1.82) is 0 Å². The molecule has 0 bridgehead atoms. The summed E-state index contributed by atoms with van der Waals surface area (Å²) in [4.78, 5) is 31.9. The molecule has 2 aliphatic rings. The Bertz CT molecular complexity index is 1650. The van der Waals surface area contributed by atoms with E-state index in [4.69, 9.17) is 21.3 Å². The predicted molar refractivity (Wildman–Crippen MR) is 155 cm³/mol. The van der Waals surface area contributed by atoms with E-state index in [0.717, 1.165) is 19.4 Å². The van der Waals surface area contributed by atoms with Gasteiger partial charge in [0.2, 0.25) is 5.91 Å². The second-order valence-electron chi connectivity index (χ2n) is 10.9. The number of piperazine rings is 1. The minimum Gasteiger partial charge on any atom is -0.462 e. The number of fused-ring (bicyclic) bond motifs is 2. The summed E-state index contributed by atoms with van der Waals surface area (Å²) in [5.41, 5.74) is 0.433. The number of aromatic nitrogens is 3. The largest absolute Gasteiger partial charge is 0.462 e. The van der Waals surface area contributed by atoms with Crippen LogP contribution >= 0.6 is 11.6 Å². The zero-order valence-electron chi connectivity index (χ0n) is 23.2. The molecule has 0 N–H and O–H groups in total. The summed E-state index contributed by atoms with van der Waals surface area (Å²) in [7, 11) is 2.05. The van der Waals surface area contributed by atoms with Crippen LogP contribution in [0.2, 0.25) is 5.02 Å². The Labute approximate surface area is 241 Å². The minimum atomic E-state index is -0.669. The molecule has 4 heterocycles. The lowest BCUT2D eigenvalue weighted by Gasteiger charge is -2.40. The first-order chi connectivity index (χ1) is 19.7. The molecule has 4 aromatic rings. The molecule has 214 valence electrons. The summed E-state index contributed by atoms with van der Waals surface area (Å²) in [6.45, 7) is 6.45. The number of amides is 1. The van der Waals surface area contributed by atoms with Gasteiger partial charge in [-0.2, -0.15) is 9.97 Å². The third-order valence-corrected chi connectivity index (χ3v) is 8.61. The molecule has 2 aromatic heterocycles. The Balaban J connectivity index is 1.47. The van der Waals surface area contributed by atoms with Crippen molar-refractivity contribution in [3.63, 3.8) is 0 Å². The average Bonchev–Trinajstić information content (AvgIpc) is 3.38. The van der Waals surface area contributed by atoms with E-state index in [1.54, 1.807) is 37.4 Å². The van der Waals surface area contributed by atoms with Gasteiger partial charge in [0.1, 0.15) is 29.5 Å². The fourth-order valence-electron chi connectivity index (χ4n) is 6.00. The number of carbonyl (C=O) groups excluding carboxylic acids is 1. The van der Waals surface area contributed by atoms with Crippen LogP contribution in [-0.4, -0.2) is 82.6 Å². The molecular formula is C30H31ClF2N6O2. The fraction of sp³-hybridized carbons (Fsp3) is 0.400. The molecule has 0 spiro atoms. The molecule has 0 unspecified atom stereocenters. The van der Waals surface area contributed by atoms with Crippen molar-refractivity contribution in [2.75, 3.05) is 44.7 Å². The fourth-order valence-corrected chi connectivity index (χ4v) is 6.27. The van der Waals surface area contributed by atoms with E-state index in [9.17, 15) is 9.18 Å². The van der Waals surface area contributed by atoms with Crippen molar-refractivity contribution in [1.82, 2.24) is 24.8 Å². The highest BCUT2D eigenvalue weighted by Crippen LogP contribution is 2.38. The molecule has 2 atom stereocenters. The van der Waals surface area contributed by atoms with Gasteiger partial charge in [0.25, 0.3) is 0 Å². The van der Waals surface area contributed by atoms with Crippen LogP contribution in [0.25, 0.3) is 32.9 Å². The number of carbonyl (C=O) groups is 1. The number of likely N-dealkylation sites (N-methyl/N-ethyl adjacent to an activating group) is 1. The van der Waals surface area contributed by atoms with Crippen molar-refractivity contribution in [2.45, 2.75) is 38.8 Å². The van der Waals surface area contributed by atoms with E-state index in [1.165, 1.54) is 6.07 Å². The highest BCUT2D eigenvalue weighted by atomic mass is 35.5. The summed E-state index contributed by atoms with van der Waals surface area (Å²) >= 11 is 6.36. The minimum absolute atomic E-state index is 0.0106. The monoisotopic (exact) mass is 580 g/mol. The number of pyridine rings is 1. The zero-order valence-corrected chi connectivity index (χ0v) is 24.0. The molecule has 41 heavy (non-hydrogen) atoms. The van der Waals surface area contributed by atoms with E-state index in [2.05, 4.69) is 21.9 Å². The summed E-state index contributed by atoms with van der Waals surface area (Å²) in [5, 5.41) is 1.38. The van der Waals surface area contributed by atoms with Crippen molar-refractivity contribution in [2.24, 2.45) is 0 Å². The Hall–Kier alpha value is -3.63. The van der Waals surface area contributed by atoms with Crippen molar-refractivity contribution in [3.05, 3.63) is 53.2 Å². The van der Waals surface area contributed by atoms with Gasteiger partial charge in [0, 0.05) is 55.8 Å². The van der Waals surface area contributed by atoms with Crippen LogP contribution in [-0.2, 0) is 4.79 Å². The van der Waals surface area contributed by atoms with Crippen molar-refractivity contribution < 1.29 is 18.3 Å². The molecule has 0 aliphatic carbocycles. The van der Waals surface area contributed by atoms with Crippen LogP contribution in [0.3, 0.4) is 0 Å². The van der Waals surface area contributed by atoms with E-state index in [0.29, 0.717) is 53.8 Å². The molecule has 11 heteroatoms. The number of anilines is 1. The van der Waals surface area contributed by atoms with Gasteiger partial charge in [-0.05, 0) is 44.8 Å². The van der Waals surface area contributed by atoms with E-state index in [1.807, 2.05) is 16.7 Å². The number of rotatable bonds is 5. The number of likely N-dealkylation sites (tertiary alicyclic amines) is 1. The number of hydrogen-bond donors (Lipinski definition) is 0. The van der Waals surface area contributed by atoms with Crippen LogP contribution in [0.5, 0.6) is 6.01 Å². The number of hydrogen-bond acceptors (Lipinski definition) is 7.